The van der Waals surface area contributed by atoms with E-state index >= 15 is 0 Å². The quantitative estimate of drug-likeness (QED) is 0.882. The predicted molar refractivity (Wildman–Crippen MR) is 85.5 cm³/mol. The summed E-state index contributed by atoms with van der Waals surface area (Å²) in [6.45, 7) is 9.27. The Hall–Kier alpha value is -1.21. The summed E-state index contributed by atoms with van der Waals surface area (Å²) in [6, 6.07) is -0.371. The van der Waals surface area contributed by atoms with Crippen molar-refractivity contribution in [3.8, 4) is 0 Å². The highest BCUT2D eigenvalue weighted by Gasteiger charge is 2.26. The van der Waals surface area contributed by atoms with E-state index in [0.29, 0.717) is 19.0 Å². The zero-order valence-electron chi connectivity index (χ0n) is 13.1. The predicted octanol–water partition coefficient (Wildman–Crippen LogP) is 1.12. The lowest BCUT2D eigenvalue weighted by Gasteiger charge is -2.35. The molecule has 6 nitrogen and oxygen atoms in total. The molecule has 0 saturated carbocycles. The molecule has 21 heavy (non-hydrogen) atoms. The van der Waals surface area contributed by atoms with Gasteiger partial charge in [0.2, 0.25) is 11.0 Å². The van der Waals surface area contributed by atoms with E-state index in [9.17, 15) is 4.79 Å². The number of nitrogens with two attached hydrogens (primary N) is 1. The van der Waals surface area contributed by atoms with Crippen molar-refractivity contribution in [1.29, 1.82) is 0 Å². The maximum Gasteiger partial charge on any atom is 0.239 e. The molecule has 1 aromatic heterocycles. The topological polar surface area (TPSA) is 75.4 Å². The molecule has 1 atom stereocenters. The van der Waals surface area contributed by atoms with Gasteiger partial charge in [0, 0.05) is 44.1 Å². The molecule has 7 heteroatoms. The van der Waals surface area contributed by atoms with Crippen molar-refractivity contribution < 1.29 is 4.79 Å². The zero-order chi connectivity index (χ0) is 15.4. The average Bonchev–Trinajstić information content (AvgIpc) is 2.95. The van der Waals surface area contributed by atoms with Crippen molar-refractivity contribution in [1.82, 2.24) is 14.3 Å². The third kappa shape index (κ3) is 4.14. The van der Waals surface area contributed by atoms with Gasteiger partial charge in [0.05, 0.1) is 6.04 Å². The first kappa shape index (κ1) is 16.2. The van der Waals surface area contributed by atoms with Crippen LogP contribution < -0.4 is 10.6 Å². The van der Waals surface area contributed by atoms with Gasteiger partial charge < -0.3 is 15.5 Å². The monoisotopic (exact) mass is 311 g/mol. The van der Waals surface area contributed by atoms with Gasteiger partial charge in [0.1, 0.15) is 5.82 Å². The van der Waals surface area contributed by atoms with Crippen molar-refractivity contribution in [2.45, 2.75) is 39.7 Å². The van der Waals surface area contributed by atoms with Crippen LogP contribution in [0.5, 0.6) is 0 Å². The number of carbonyl (C=O) groups excluding carboxylic acids is 1. The van der Waals surface area contributed by atoms with E-state index in [0.717, 1.165) is 36.9 Å². The summed E-state index contributed by atoms with van der Waals surface area (Å²) in [5, 5.41) is 0.963. The number of rotatable bonds is 5. The van der Waals surface area contributed by atoms with Crippen LogP contribution in [0.2, 0.25) is 0 Å². The van der Waals surface area contributed by atoms with Gasteiger partial charge in [0.25, 0.3) is 0 Å². The highest BCUT2D eigenvalue weighted by atomic mass is 32.1. The Morgan fingerprint density at radius 1 is 1.33 bits per heavy atom. The minimum atomic E-state index is -0.371. The summed E-state index contributed by atoms with van der Waals surface area (Å²) in [4.78, 5) is 20.9. The fraction of sp³-hybridized carbons (Fsp3) is 0.786. The van der Waals surface area contributed by atoms with Crippen LogP contribution in [0.15, 0.2) is 0 Å². The summed E-state index contributed by atoms with van der Waals surface area (Å²) in [5.41, 5.74) is 5.99. The van der Waals surface area contributed by atoms with Gasteiger partial charge >= 0.3 is 0 Å². The maximum absolute atomic E-state index is 12.3. The first-order valence-corrected chi connectivity index (χ1v) is 8.40. The van der Waals surface area contributed by atoms with Crippen LogP contribution in [-0.4, -0.2) is 52.4 Å². The van der Waals surface area contributed by atoms with Crippen molar-refractivity contribution >= 4 is 22.6 Å². The van der Waals surface area contributed by atoms with Crippen molar-refractivity contribution in [3.05, 3.63) is 5.82 Å². The van der Waals surface area contributed by atoms with E-state index in [4.69, 9.17) is 5.73 Å². The van der Waals surface area contributed by atoms with Gasteiger partial charge in [-0.3, -0.25) is 4.79 Å². The van der Waals surface area contributed by atoms with Gasteiger partial charge in [-0.15, -0.1) is 0 Å². The summed E-state index contributed by atoms with van der Waals surface area (Å²) in [6.07, 6.45) is 1.61. The molecule has 0 bridgehead atoms. The molecule has 0 aromatic carbocycles. The van der Waals surface area contributed by atoms with Gasteiger partial charge in [-0.25, -0.2) is 4.98 Å². The number of aromatic nitrogens is 2. The second-order valence-electron chi connectivity index (χ2n) is 5.90. The molecule has 0 unspecified atom stereocenters. The number of nitrogens with zero attached hydrogens (tertiary/aromatic N) is 4. The molecule has 2 heterocycles. The van der Waals surface area contributed by atoms with Crippen molar-refractivity contribution in [2.75, 3.05) is 31.1 Å². The lowest BCUT2D eigenvalue weighted by atomic mass is 10.0. The van der Waals surface area contributed by atoms with Crippen LogP contribution in [0.1, 0.15) is 33.0 Å². The van der Waals surface area contributed by atoms with E-state index in [2.05, 4.69) is 35.0 Å². The molecule has 0 aliphatic carbocycles. The lowest BCUT2D eigenvalue weighted by Crippen LogP contribution is -2.53. The van der Waals surface area contributed by atoms with E-state index in [1.807, 2.05) is 4.90 Å². The van der Waals surface area contributed by atoms with Gasteiger partial charge in [-0.05, 0) is 12.3 Å². The first-order valence-electron chi connectivity index (χ1n) is 7.63. The summed E-state index contributed by atoms with van der Waals surface area (Å²) in [7, 11) is 0. The largest absolute Gasteiger partial charge is 0.343 e. The van der Waals surface area contributed by atoms with Crippen LogP contribution in [0.25, 0.3) is 0 Å². The molecule has 1 saturated heterocycles. The third-order valence-electron chi connectivity index (χ3n) is 3.68. The molecule has 1 amide bonds. The number of hydrogen-bond donors (Lipinski definition) is 1. The Morgan fingerprint density at radius 3 is 2.52 bits per heavy atom. The second-order valence-corrected chi connectivity index (χ2v) is 6.63. The van der Waals surface area contributed by atoms with Crippen LogP contribution in [0.4, 0.5) is 5.13 Å². The molecular formula is C14H25N5OS. The number of carbonyl (C=O) groups is 1. The summed E-state index contributed by atoms with van der Waals surface area (Å²) < 4.78 is 4.31. The molecule has 118 valence electrons. The minimum absolute atomic E-state index is 0.0786. The van der Waals surface area contributed by atoms with Crippen LogP contribution in [0, 0.1) is 5.92 Å². The summed E-state index contributed by atoms with van der Waals surface area (Å²) >= 11 is 1.44. The fourth-order valence-corrected chi connectivity index (χ4v) is 3.28. The minimum Gasteiger partial charge on any atom is -0.343 e. The molecule has 1 aromatic rings. The van der Waals surface area contributed by atoms with Crippen LogP contribution in [0.3, 0.4) is 0 Å². The maximum atomic E-state index is 12.3. The first-order chi connectivity index (χ1) is 10.0. The Morgan fingerprint density at radius 2 is 2.00 bits per heavy atom. The van der Waals surface area contributed by atoms with E-state index in [-0.39, 0.29) is 11.9 Å². The average molecular weight is 311 g/mol. The normalized spacial score (nSPS) is 17.4. The molecule has 1 aliphatic rings. The molecule has 2 N–H and O–H groups in total. The molecule has 1 aliphatic heterocycles. The van der Waals surface area contributed by atoms with Gasteiger partial charge in [-0.2, -0.15) is 4.37 Å². The fourth-order valence-electron chi connectivity index (χ4n) is 2.48. The van der Waals surface area contributed by atoms with E-state index in [1.54, 1.807) is 0 Å². The number of aryl methyl sites for hydroxylation is 1. The van der Waals surface area contributed by atoms with Crippen molar-refractivity contribution in [2.24, 2.45) is 11.7 Å². The molecule has 2 rings (SSSR count). The zero-order valence-corrected chi connectivity index (χ0v) is 13.9. The number of hydrogen-bond acceptors (Lipinski definition) is 6. The number of anilines is 1. The molecular weight excluding hydrogens is 286 g/mol. The molecule has 0 spiro atoms. The SMILES string of the molecule is CCc1nsc(N2CCN(C(=O)[C@@H](N)CC(C)C)CC2)n1. The van der Waals surface area contributed by atoms with Crippen molar-refractivity contribution in [3.63, 3.8) is 0 Å². The second kappa shape index (κ2) is 7.17. The molecule has 1 fully saturated rings. The number of amides is 1. The highest BCUT2D eigenvalue weighted by molar-refractivity contribution is 7.09. The Balaban J connectivity index is 1.86. The van der Waals surface area contributed by atoms with Gasteiger partial charge in [-0.1, -0.05) is 20.8 Å². The standard InChI is InChI=1S/C14H25N5OS/c1-4-12-16-14(21-17-12)19-7-5-18(6-8-19)13(20)11(15)9-10(2)3/h10-11H,4-9,15H2,1-3H3/t11-/m0/s1. The Kier molecular flexibility index (Phi) is 5.52. The van der Waals surface area contributed by atoms with Gasteiger partial charge in [0.15, 0.2) is 0 Å². The van der Waals surface area contributed by atoms with Crippen LogP contribution >= 0.6 is 11.5 Å². The number of piperazine rings is 1. The van der Waals surface area contributed by atoms with Crippen LogP contribution in [-0.2, 0) is 11.2 Å². The lowest BCUT2D eigenvalue weighted by molar-refractivity contribution is -0.133. The third-order valence-corrected chi connectivity index (χ3v) is 4.49. The van der Waals surface area contributed by atoms with E-state index in [1.165, 1.54) is 11.5 Å². The Labute approximate surface area is 130 Å². The molecule has 0 radical (unpaired) electrons. The smallest absolute Gasteiger partial charge is 0.239 e. The summed E-state index contributed by atoms with van der Waals surface area (Å²) in [5.74, 6) is 1.42. The Bertz CT molecular complexity index is 468. The van der Waals surface area contributed by atoms with E-state index < -0.39 is 0 Å². The highest BCUT2D eigenvalue weighted by Crippen LogP contribution is 2.19.